The topological polar surface area (TPSA) is 48.1 Å². The van der Waals surface area contributed by atoms with Crippen LogP contribution in [0, 0.1) is 11.6 Å². The molecule has 3 aromatic carbocycles. The highest BCUT2D eigenvalue weighted by Gasteiger charge is 2.53. The van der Waals surface area contributed by atoms with Gasteiger partial charge in [0.05, 0.1) is 18.9 Å². The number of anilines is 3. The summed E-state index contributed by atoms with van der Waals surface area (Å²) in [6.07, 6.45) is 1.28. The molecule has 0 aromatic heterocycles. The SMILES string of the molecule is CC1(N2CCC3(CC2)C(=O)NCN3c2ccccc2)CN(c2ccc(F)cc2)c2ccc(F)cc2O1. The van der Waals surface area contributed by atoms with E-state index in [-0.39, 0.29) is 17.5 Å². The third-order valence-corrected chi connectivity index (χ3v) is 7.80. The number of halogens is 2. The van der Waals surface area contributed by atoms with Crippen LogP contribution >= 0.6 is 0 Å². The van der Waals surface area contributed by atoms with Gasteiger partial charge in [0.25, 0.3) is 0 Å². The first kappa shape index (κ1) is 22.8. The average molecular weight is 491 g/mol. The number of hydrogen-bond donors (Lipinski definition) is 1. The molecule has 1 unspecified atom stereocenters. The zero-order valence-electron chi connectivity index (χ0n) is 20.1. The lowest BCUT2D eigenvalue weighted by atomic mass is 9.84. The minimum Gasteiger partial charge on any atom is -0.469 e. The number of benzene rings is 3. The second kappa shape index (κ2) is 8.48. The molecule has 3 aliphatic heterocycles. The summed E-state index contributed by atoms with van der Waals surface area (Å²) in [5, 5.41) is 3.04. The van der Waals surface area contributed by atoms with Crippen LogP contribution in [0.4, 0.5) is 25.8 Å². The number of carbonyl (C=O) groups excluding carboxylic acids is 1. The van der Waals surface area contributed by atoms with Gasteiger partial charge in [0, 0.05) is 30.5 Å². The molecule has 0 saturated carbocycles. The molecule has 0 aliphatic carbocycles. The number of hydrogen-bond acceptors (Lipinski definition) is 5. The molecule has 186 valence electrons. The molecule has 3 aromatic rings. The molecule has 1 atom stereocenters. The van der Waals surface area contributed by atoms with E-state index in [1.807, 2.05) is 42.2 Å². The Bertz CT molecular complexity index is 1280. The third-order valence-electron chi connectivity index (χ3n) is 7.80. The normalized spacial score (nSPS) is 23.4. The van der Waals surface area contributed by atoms with Crippen molar-refractivity contribution >= 4 is 23.0 Å². The summed E-state index contributed by atoms with van der Waals surface area (Å²) >= 11 is 0. The van der Waals surface area contributed by atoms with Gasteiger partial charge in [0.15, 0.2) is 5.72 Å². The van der Waals surface area contributed by atoms with Gasteiger partial charge in [-0.3, -0.25) is 9.69 Å². The predicted molar refractivity (Wildman–Crippen MR) is 134 cm³/mol. The van der Waals surface area contributed by atoms with Crippen molar-refractivity contribution < 1.29 is 18.3 Å². The van der Waals surface area contributed by atoms with Gasteiger partial charge in [0.1, 0.15) is 22.9 Å². The monoisotopic (exact) mass is 490 g/mol. The van der Waals surface area contributed by atoms with Gasteiger partial charge in [-0.15, -0.1) is 0 Å². The zero-order valence-corrected chi connectivity index (χ0v) is 20.1. The van der Waals surface area contributed by atoms with Crippen LogP contribution in [0.5, 0.6) is 5.75 Å². The molecular formula is C28H28F2N4O2. The number of rotatable bonds is 3. The predicted octanol–water partition coefficient (Wildman–Crippen LogP) is 4.64. The number of fused-ring (bicyclic) bond motifs is 1. The molecule has 8 heteroatoms. The van der Waals surface area contributed by atoms with Crippen molar-refractivity contribution in [1.29, 1.82) is 0 Å². The Hall–Kier alpha value is -3.65. The van der Waals surface area contributed by atoms with E-state index in [0.29, 0.717) is 44.9 Å². The number of piperidine rings is 1. The number of para-hydroxylation sites is 1. The van der Waals surface area contributed by atoms with Crippen LogP contribution < -0.4 is 19.9 Å². The van der Waals surface area contributed by atoms with E-state index in [1.54, 1.807) is 18.2 Å². The van der Waals surface area contributed by atoms with Gasteiger partial charge in [0.2, 0.25) is 5.91 Å². The summed E-state index contributed by atoms with van der Waals surface area (Å²) in [5.74, 6) is -0.192. The summed E-state index contributed by atoms with van der Waals surface area (Å²) < 4.78 is 34.3. The van der Waals surface area contributed by atoms with Crippen molar-refractivity contribution in [2.24, 2.45) is 0 Å². The number of amides is 1. The van der Waals surface area contributed by atoms with E-state index in [9.17, 15) is 13.6 Å². The lowest BCUT2D eigenvalue weighted by Gasteiger charge is -2.52. The van der Waals surface area contributed by atoms with Crippen LogP contribution in [0.25, 0.3) is 0 Å². The lowest BCUT2D eigenvalue weighted by Crippen LogP contribution is -2.65. The highest BCUT2D eigenvalue weighted by Crippen LogP contribution is 2.44. The summed E-state index contributed by atoms with van der Waals surface area (Å²) in [6.45, 7) is 4.23. The zero-order chi connectivity index (χ0) is 24.9. The van der Waals surface area contributed by atoms with Crippen molar-refractivity contribution in [3.05, 3.63) is 84.4 Å². The minimum atomic E-state index is -0.774. The Labute approximate surface area is 209 Å². The maximum Gasteiger partial charge on any atom is 0.247 e. The molecule has 6 nitrogen and oxygen atoms in total. The second-order valence-corrected chi connectivity index (χ2v) is 9.90. The van der Waals surface area contributed by atoms with Crippen molar-refractivity contribution in [1.82, 2.24) is 10.2 Å². The Morgan fingerprint density at radius 2 is 1.58 bits per heavy atom. The fraction of sp³-hybridized carbons (Fsp3) is 0.321. The van der Waals surface area contributed by atoms with Gasteiger partial charge in [-0.05, 0) is 68.3 Å². The Morgan fingerprint density at radius 3 is 2.31 bits per heavy atom. The van der Waals surface area contributed by atoms with E-state index in [0.717, 1.165) is 17.1 Å². The van der Waals surface area contributed by atoms with E-state index in [1.165, 1.54) is 24.3 Å². The van der Waals surface area contributed by atoms with Crippen molar-refractivity contribution in [3.63, 3.8) is 0 Å². The molecule has 1 amide bonds. The molecule has 36 heavy (non-hydrogen) atoms. The molecule has 2 saturated heterocycles. The highest BCUT2D eigenvalue weighted by molar-refractivity contribution is 5.93. The van der Waals surface area contributed by atoms with Crippen molar-refractivity contribution in [2.75, 3.05) is 36.1 Å². The number of nitrogens with one attached hydrogen (secondary N) is 1. The molecule has 3 heterocycles. The van der Waals surface area contributed by atoms with E-state index >= 15 is 0 Å². The molecule has 2 fully saturated rings. The quantitative estimate of drug-likeness (QED) is 0.580. The van der Waals surface area contributed by atoms with Gasteiger partial charge >= 0.3 is 0 Å². The largest absolute Gasteiger partial charge is 0.469 e. The van der Waals surface area contributed by atoms with E-state index in [2.05, 4.69) is 15.1 Å². The van der Waals surface area contributed by atoms with Crippen molar-refractivity contribution in [2.45, 2.75) is 31.0 Å². The van der Waals surface area contributed by atoms with Crippen LogP contribution in [-0.2, 0) is 4.79 Å². The van der Waals surface area contributed by atoms with E-state index in [4.69, 9.17) is 4.74 Å². The highest BCUT2D eigenvalue weighted by atomic mass is 19.1. The number of carbonyl (C=O) groups is 1. The molecule has 6 rings (SSSR count). The van der Waals surface area contributed by atoms with Crippen LogP contribution in [-0.4, -0.2) is 48.4 Å². The molecule has 0 radical (unpaired) electrons. The molecule has 3 aliphatic rings. The fourth-order valence-corrected chi connectivity index (χ4v) is 5.84. The maximum absolute atomic E-state index is 14.2. The van der Waals surface area contributed by atoms with Gasteiger partial charge in [-0.25, -0.2) is 8.78 Å². The van der Waals surface area contributed by atoms with E-state index < -0.39 is 11.3 Å². The van der Waals surface area contributed by atoms with Crippen LogP contribution in [0.3, 0.4) is 0 Å². The first-order chi connectivity index (χ1) is 17.4. The molecule has 1 spiro atoms. The van der Waals surface area contributed by atoms with Gasteiger partial charge in [-0.1, -0.05) is 18.2 Å². The van der Waals surface area contributed by atoms with Crippen LogP contribution in [0.1, 0.15) is 19.8 Å². The van der Waals surface area contributed by atoms with Gasteiger partial charge in [-0.2, -0.15) is 0 Å². The summed E-state index contributed by atoms with van der Waals surface area (Å²) in [6, 6.07) is 20.8. The number of ether oxygens (including phenoxy) is 1. The third kappa shape index (κ3) is 3.67. The van der Waals surface area contributed by atoms with Crippen LogP contribution in [0.2, 0.25) is 0 Å². The fourth-order valence-electron chi connectivity index (χ4n) is 5.84. The Kier molecular flexibility index (Phi) is 5.37. The number of nitrogens with zero attached hydrogens (tertiary/aromatic N) is 3. The second-order valence-electron chi connectivity index (χ2n) is 9.90. The smallest absolute Gasteiger partial charge is 0.247 e. The van der Waals surface area contributed by atoms with Crippen molar-refractivity contribution in [3.8, 4) is 5.75 Å². The Balaban J connectivity index is 1.29. The average Bonchev–Trinajstić information content (AvgIpc) is 3.19. The Morgan fingerprint density at radius 1 is 0.889 bits per heavy atom. The summed E-state index contributed by atoms with van der Waals surface area (Å²) in [7, 11) is 0. The summed E-state index contributed by atoms with van der Waals surface area (Å²) in [5.41, 5.74) is 1.18. The first-order valence-electron chi connectivity index (χ1n) is 12.3. The summed E-state index contributed by atoms with van der Waals surface area (Å²) in [4.78, 5) is 19.5. The molecular weight excluding hydrogens is 462 g/mol. The lowest BCUT2D eigenvalue weighted by molar-refractivity contribution is -0.129. The first-order valence-corrected chi connectivity index (χ1v) is 12.3. The van der Waals surface area contributed by atoms with Gasteiger partial charge < -0.3 is 19.9 Å². The maximum atomic E-state index is 14.2. The molecule has 0 bridgehead atoms. The van der Waals surface area contributed by atoms with Crippen LogP contribution in [0.15, 0.2) is 72.8 Å². The minimum absolute atomic E-state index is 0.0566. The number of likely N-dealkylation sites (tertiary alicyclic amines) is 1. The molecule has 1 N–H and O–H groups in total. The standard InChI is InChI=1S/C28H28F2N4O2/c1-27(18-33(22-10-7-20(29)8-11-22)24-12-9-21(30)17-25(24)36-27)32-15-13-28(14-16-32)26(35)31-19-34(28)23-5-3-2-4-6-23/h2-12,17H,13-16,18-19H2,1H3,(H,31,35).